The van der Waals surface area contributed by atoms with Crippen LogP contribution in [0.2, 0.25) is 0 Å². The second-order valence-corrected chi connectivity index (χ2v) is 24.1. The molecule has 0 amide bonds. The minimum atomic E-state index is -1.51. The number of carbonyl (C=O) groups excluding carboxylic acids is 2. The summed E-state index contributed by atoms with van der Waals surface area (Å²) in [5.74, 6) is -2.00. The number of hydrogen-bond donors (Lipinski definition) is 1. The molecule has 0 aliphatic heterocycles. The van der Waals surface area contributed by atoms with Gasteiger partial charge in [-0.1, -0.05) is 309 Å². The van der Waals surface area contributed by atoms with Crippen LogP contribution < -0.4 is 0 Å². The van der Waals surface area contributed by atoms with Crippen molar-refractivity contribution in [3.63, 3.8) is 0 Å². The Kier molecular flexibility index (Phi) is 57.6. The third-order valence-corrected chi connectivity index (χ3v) is 15.3. The number of rotatable bonds is 63. The lowest BCUT2D eigenvalue weighted by molar-refractivity contribution is -0.870. The van der Waals surface area contributed by atoms with Crippen LogP contribution in [0.3, 0.4) is 0 Å². The van der Waals surface area contributed by atoms with E-state index in [1.54, 1.807) is 0 Å². The molecule has 0 aliphatic carbocycles. The van der Waals surface area contributed by atoms with Gasteiger partial charge in [-0.15, -0.1) is 0 Å². The Balaban J connectivity index is 3.76. The number of esters is 2. The maximum atomic E-state index is 12.8. The number of carbonyl (C=O) groups is 3. The summed E-state index contributed by atoms with van der Waals surface area (Å²) in [7, 11) is 5.97. The fraction of sp³-hybridized carbons (Fsp3) is 0.925. The molecule has 0 saturated heterocycles. The van der Waals surface area contributed by atoms with Gasteiger partial charge in [0.2, 0.25) is 0 Å². The topological polar surface area (TPSA) is 108 Å². The molecular formula is C67H130NO8+. The first-order chi connectivity index (χ1) is 37.1. The Labute approximate surface area is 472 Å². The lowest BCUT2D eigenvalue weighted by Gasteiger charge is -2.25. The summed E-state index contributed by atoms with van der Waals surface area (Å²) in [6.07, 6.45) is 68.1. The van der Waals surface area contributed by atoms with Crippen molar-refractivity contribution in [1.29, 1.82) is 0 Å². The van der Waals surface area contributed by atoms with Crippen molar-refractivity contribution < 1.29 is 42.9 Å². The van der Waals surface area contributed by atoms with E-state index in [0.717, 1.165) is 57.8 Å². The minimum absolute atomic E-state index is 0.179. The van der Waals surface area contributed by atoms with Crippen molar-refractivity contribution in [3.8, 4) is 0 Å². The van der Waals surface area contributed by atoms with Gasteiger partial charge >= 0.3 is 17.9 Å². The number of hydrogen-bond acceptors (Lipinski definition) is 7. The first-order valence-corrected chi connectivity index (χ1v) is 33.4. The highest BCUT2D eigenvalue weighted by molar-refractivity contribution is 5.71. The van der Waals surface area contributed by atoms with Crippen LogP contribution in [0.1, 0.15) is 341 Å². The fourth-order valence-electron chi connectivity index (χ4n) is 10.1. The standard InChI is InChI=1S/C67H129NO8/c1-6-8-10-12-14-16-18-19-20-21-22-23-24-25-26-27-28-29-30-31-32-33-34-35-36-37-38-39-40-41-42-43-44-45-46-47-48-50-51-53-55-57-64(69)74-61-63(62-75-67(66(71)72)73-60-59-68(3,4)5)76-65(70)58-56-54-52-49-17-15-13-11-9-7-2/h11,13,63,67H,6-10,12,14-62H2,1-5H3/p+1/b13-11-. The van der Waals surface area contributed by atoms with Gasteiger partial charge in [0.15, 0.2) is 6.10 Å². The van der Waals surface area contributed by atoms with Gasteiger partial charge in [-0.05, 0) is 32.1 Å². The number of carboxylic acids is 1. The van der Waals surface area contributed by atoms with Gasteiger partial charge in [-0.25, -0.2) is 4.79 Å². The third-order valence-electron chi connectivity index (χ3n) is 15.3. The molecule has 0 heterocycles. The molecule has 0 aromatic carbocycles. The van der Waals surface area contributed by atoms with E-state index in [1.807, 2.05) is 21.1 Å². The molecule has 0 aromatic heterocycles. The fourth-order valence-corrected chi connectivity index (χ4v) is 10.1. The van der Waals surface area contributed by atoms with Gasteiger partial charge in [-0.3, -0.25) is 9.59 Å². The number of quaternary nitrogens is 1. The largest absolute Gasteiger partial charge is 0.477 e. The summed E-state index contributed by atoms with van der Waals surface area (Å²) in [4.78, 5) is 37.3. The molecule has 9 nitrogen and oxygen atoms in total. The smallest absolute Gasteiger partial charge is 0.361 e. The number of unbranched alkanes of at least 4 members (excludes halogenated alkanes) is 46. The number of ether oxygens (including phenoxy) is 4. The van der Waals surface area contributed by atoms with Crippen molar-refractivity contribution in [2.24, 2.45) is 0 Å². The second kappa shape index (κ2) is 59.2. The maximum absolute atomic E-state index is 12.8. The second-order valence-electron chi connectivity index (χ2n) is 24.1. The Morgan fingerprint density at radius 1 is 0.382 bits per heavy atom. The summed E-state index contributed by atoms with van der Waals surface area (Å²) in [6.45, 7) is 4.85. The van der Waals surface area contributed by atoms with E-state index >= 15 is 0 Å². The van der Waals surface area contributed by atoms with Crippen LogP contribution in [0.5, 0.6) is 0 Å². The van der Waals surface area contributed by atoms with E-state index in [0.29, 0.717) is 23.9 Å². The highest BCUT2D eigenvalue weighted by Gasteiger charge is 2.25. The van der Waals surface area contributed by atoms with Crippen molar-refractivity contribution >= 4 is 17.9 Å². The van der Waals surface area contributed by atoms with Crippen LogP contribution in [-0.4, -0.2) is 87.4 Å². The van der Waals surface area contributed by atoms with E-state index in [-0.39, 0.29) is 32.2 Å². The average molecular weight is 1080 g/mol. The van der Waals surface area contributed by atoms with E-state index in [2.05, 4.69) is 26.0 Å². The van der Waals surface area contributed by atoms with Crippen molar-refractivity contribution in [1.82, 2.24) is 0 Å². The first-order valence-electron chi connectivity index (χ1n) is 33.4. The van der Waals surface area contributed by atoms with Crippen molar-refractivity contribution in [2.75, 3.05) is 47.5 Å². The van der Waals surface area contributed by atoms with Crippen molar-refractivity contribution in [3.05, 3.63) is 12.2 Å². The molecule has 0 aliphatic rings. The maximum Gasteiger partial charge on any atom is 0.361 e. The normalized spacial score (nSPS) is 12.7. The number of likely N-dealkylation sites (N-methyl/N-ethyl adjacent to an activating group) is 1. The molecule has 0 radical (unpaired) electrons. The van der Waals surface area contributed by atoms with E-state index in [9.17, 15) is 19.5 Å². The number of nitrogens with zero attached hydrogens (tertiary/aromatic N) is 1. The van der Waals surface area contributed by atoms with E-state index in [1.165, 1.54) is 250 Å². The quantitative estimate of drug-likeness (QED) is 0.0211. The number of aliphatic carboxylic acids is 1. The van der Waals surface area contributed by atoms with Crippen LogP contribution in [0.4, 0.5) is 0 Å². The Hall–Kier alpha value is -1.97. The van der Waals surface area contributed by atoms with Gasteiger partial charge in [0.1, 0.15) is 13.2 Å². The highest BCUT2D eigenvalue weighted by atomic mass is 16.7. The molecule has 1 N–H and O–H groups in total. The van der Waals surface area contributed by atoms with Crippen LogP contribution in [0.25, 0.3) is 0 Å². The van der Waals surface area contributed by atoms with Crippen molar-refractivity contribution in [2.45, 2.75) is 354 Å². The summed E-state index contributed by atoms with van der Waals surface area (Å²) in [5.41, 5.74) is 0. The predicted octanol–water partition coefficient (Wildman–Crippen LogP) is 20.1. The van der Waals surface area contributed by atoms with Crippen LogP contribution in [0, 0.1) is 0 Å². The van der Waals surface area contributed by atoms with Crippen LogP contribution in [-0.2, 0) is 33.3 Å². The molecule has 450 valence electrons. The van der Waals surface area contributed by atoms with Gasteiger partial charge in [0, 0.05) is 12.8 Å². The number of allylic oxidation sites excluding steroid dienone is 2. The van der Waals surface area contributed by atoms with Gasteiger partial charge in [-0.2, -0.15) is 0 Å². The lowest BCUT2D eigenvalue weighted by atomic mass is 10.0. The third kappa shape index (κ3) is 59.7. The summed E-state index contributed by atoms with van der Waals surface area (Å²) in [6, 6.07) is 0. The summed E-state index contributed by atoms with van der Waals surface area (Å²) < 4.78 is 22.8. The summed E-state index contributed by atoms with van der Waals surface area (Å²) >= 11 is 0. The lowest BCUT2D eigenvalue weighted by Crippen LogP contribution is -2.40. The Bertz CT molecular complexity index is 1250. The minimum Gasteiger partial charge on any atom is -0.477 e. The zero-order valence-electron chi connectivity index (χ0n) is 51.5. The van der Waals surface area contributed by atoms with Gasteiger partial charge in [0.25, 0.3) is 6.29 Å². The molecule has 2 unspecified atom stereocenters. The molecular weight excluding hydrogens is 947 g/mol. The molecule has 0 spiro atoms. The molecule has 2 atom stereocenters. The Morgan fingerprint density at radius 2 is 0.697 bits per heavy atom. The van der Waals surface area contributed by atoms with Crippen LogP contribution in [0.15, 0.2) is 12.2 Å². The van der Waals surface area contributed by atoms with Crippen LogP contribution >= 0.6 is 0 Å². The average Bonchev–Trinajstić information content (AvgIpc) is 3.39. The molecule has 0 saturated carbocycles. The van der Waals surface area contributed by atoms with E-state index < -0.39 is 24.3 Å². The molecule has 9 heteroatoms. The monoisotopic (exact) mass is 1080 g/mol. The van der Waals surface area contributed by atoms with E-state index in [4.69, 9.17) is 18.9 Å². The van der Waals surface area contributed by atoms with Gasteiger partial charge < -0.3 is 28.5 Å². The van der Waals surface area contributed by atoms with Gasteiger partial charge in [0.05, 0.1) is 34.4 Å². The zero-order chi connectivity index (χ0) is 55.5. The zero-order valence-corrected chi connectivity index (χ0v) is 51.5. The SMILES string of the molecule is CCC/C=C\CCCCCCCC(=O)OC(COC(=O)CCCCCCCCCCCCCCCCCCCCCCCCCCCCCCCCCCCCCCCCCCC)COC(OCC[N+](C)(C)C)C(=O)O. The first kappa shape index (κ1) is 74.0. The molecule has 0 fully saturated rings. The molecule has 0 aromatic rings. The molecule has 0 bridgehead atoms. The Morgan fingerprint density at radius 3 is 1.03 bits per heavy atom. The molecule has 76 heavy (non-hydrogen) atoms. The molecule has 0 rings (SSSR count). The summed E-state index contributed by atoms with van der Waals surface area (Å²) in [5, 5.41) is 9.67. The number of carboxylic acid groups (broad SMARTS) is 1. The highest BCUT2D eigenvalue weighted by Crippen LogP contribution is 2.19. The predicted molar refractivity (Wildman–Crippen MR) is 323 cm³/mol.